The van der Waals surface area contributed by atoms with Gasteiger partial charge in [-0.25, -0.2) is 9.97 Å². The van der Waals surface area contributed by atoms with Crippen LogP contribution in [0.15, 0.2) is 48.7 Å². The van der Waals surface area contributed by atoms with E-state index in [9.17, 15) is 9.59 Å². The average Bonchev–Trinajstić information content (AvgIpc) is 3.51. The van der Waals surface area contributed by atoms with E-state index in [-0.39, 0.29) is 22.6 Å². The molecule has 2 aromatic carbocycles. The molecular weight excluding hydrogens is 679 g/mol. The molecule has 11 heteroatoms. The van der Waals surface area contributed by atoms with Crippen LogP contribution >= 0.6 is 0 Å². The van der Waals surface area contributed by atoms with Crippen molar-refractivity contribution in [1.29, 1.82) is 0 Å². The Balaban J connectivity index is 0.943. The Morgan fingerprint density at radius 1 is 0.741 bits per heavy atom. The molecule has 54 heavy (non-hydrogen) atoms. The number of methoxy groups -OCH3 is 2. The number of carbonyl (C=O) groups is 2. The van der Waals surface area contributed by atoms with E-state index in [0.717, 1.165) is 122 Å². The largest absolute Gasteiger partial charge is 0.481 e. The summed E-state index contributed by atoms with van der Waals surface area (Å²) >= 11 is 0. The molecule has 0 bridgehead atoms. The first-order valence-electron chi connectivity index (χ1n) is 19.1. The molecule has 9 rings (SSSR count). The number of carbonyl (C=O) groups excluding carboxylic acids is 2. The molecular formula is C43H49N7O4. The average molecular weight is 728 g/mol. The predicted octanol–water partition coefficient (Wildman–Crippen LogP) is 5.32. The zero-order valence-electron chi connectivity index (χ0n) is 32.2. The van der Waals surface area contributed by atoms with Crippen molar-refractivity contribution in [2.45, 2.75) is 53.1 Å². The van der Waals surface area contributed by atoms with Crippen LogP contribution in [0, 0.1) is 24.7 Å². The van der Waals surface area contributed by atoms with E-state index in [1.54, 1.807) is 28.1 Å². The van der Waals surface area contributed by atoms with Crippen LogP contribution < -0.4 is 9.47 Å². The quantitative estimate of drug-likeness (QED) is 0.239. The molecule has 0 radical (unpaired) electrons. The molecule has 2 amide bonds. The van der Waals surface area contributed by atoms with Gasteiger partial charge in [0.15, 0.2) is 0 Å². The minimum absolute atomic E-state index is 0.157. The molecule has 1 unspecified atom stereocenters. The second-order valence-electron chi connectivity index (χ2n) is 16.6. The predicted molar refractivity (Wildman–Crippen MR) is 206 cm³/mol. The highest BCUT2D eigenvalue weighted by Gasteiger charge is 2.55. The molecule has 6 heterocycles. The van der Waals surface area contributed by atoms with Gasteiger partial charge in [-0.3, -0.25) is 24.4 Å². The Morgan fingerprint density at radius 2 is 1.28 bits per heavy atom. The molecule has 1 atom stereocenters. The number of hydrogen-bond donors (Lipinski definition) is 0. The summed E-state index contributed by atoms with van der Waals surface area (Å²) in [6, 6.07) is 15.4. The third kappa shape index (κ3) is 5.66. The molecule has 11 nitrogen and oxygen atoms in total. The maximum Gasteiger partial charge on any atom is 0.237 e. The molecule has 4 fully saturated rings. The fraction of sp³-hybridized carbons (Fsp3) is 0.465. The van der Waals surface area contributed by atoms with Crippen LogP contribution in [0.5, 0.6) is 11.8 Å². The Kier molecular flexibility index (Phi) is 8.31. The smallest absolute Gasteiger partial charge is 0.237 e. The second kappa shape index (κ2) is 12.9. The zero-order chi connectivity index (χ0) is 37.5. The van der Waals surface area contributed by atoms with Crippen LogP contribution in [0.25, 0.3) is 33.6 Å². The Morgan fingerprint density at radius 3 is 1.85 bits per heavy atom. The second-order valence-corrected chi connectivity index (χ2v) is 16.6. The number of amides is 2. The van der Waals surface area contributed by atoms with E-state index in [0.29, 0.717) is 18.5 Å². The van der Waals surface area contributed by atoms with Crippen molar-refractivity contribution in [3.63, 3.8) is 0 Å². The summed E-state index contributed by atoms with van der Waals surface area (Å²) in [5.74, 6) is 1.60. The third-order valence-electron chi connectivity index (χ3n) is 12.8. The fourth-order valence-electron chi connectivity index (χ4n) is 10.1. The summed E-state index contributed by atoms with van der Waals surface area (Å²) in [6.07, 6.45) is 3.92. The lowest BCUT2D eigenvalue weighted by molar-refractivity contribution is -0.161. The van der Waals surface area contributed by atoms with Crippen molar-refractivity contribution >= 4 is 11.8 Å². The summed E-state index contributed by atoms with van der Waals surface area (Å²) in [5.41, 5.74) is 12.3. The molecule has 2 aromatic heterocycles. The number of nitrogens with zero attached hydrogens (tertiary/aromatic N) is 7. The van der Waals surface area contributed by atoms with Gasteiger partial charge in [-0.05, 0) is 60.6 Å². The SMILES string of the molecule is COc1nc(-c2cccc(-c3cccc(-c4cc5c(c(OC)n4)C(N4CC6(CN(C(C)=O)C6)C4)CC5)c3C)c2C)cnc1CN1CC2(C1)CN(C(C)=O)C2. The summed E-state index contributed by atoms with van der Waals surface area (Å²) in [6.45, 7) is 15.7. The van der Waals surface area contributed by atoms with Crippen LogP contribution in [0.3, 0.4) is 0 Å². The summed E-state index contributed by atoms with van der Waals surface area (Å²) < 4.78 is 11.8. The minimum atomic E-state index is 0.157. The molecule has 4 aliphatic heterocycles. The van der Waals surface area contributed by atoms with E-state index in [2.05, 4.69) is 66.1 Å². The lowest BCUT2D eigenvalue weighted by Gasteiger charge is -2.61. The Labute approximate surface area is 317 Å². The highest BCUT2D eigenvalue weighted by molar-refractivity contribution is 5.83. The Bertz CT molecular complexity index is 2170. The van der Waals surface area contributed by atoms with Gasteiger partial charge in [0.1, 0.15) is 5.69 Å². The first kappa shape index (κ1) is 34.9. The molecule has 2 spiro atoms. The minimum Gasteiger partial charge on any atom is -0.481 e. The number of ether oxygens (including phenoxy) is 2. The molecule has 1 aliphatic carbocycles. The number of aromatic nitrogens is 3. The first-order valence-corrected chi connectivity index (χ1v) is 19.1. The van der Waals surface area contributed by atoms with Crippen molar-refractivity contribution in [2.24, 2.45) is 10.8 Å². The van der Waals surface area contributed by atoms with Crippen LogP contribution in [0.1, 0.15) is 54.3 Å². The van der Waals surface area contributed by atoms with Crippen molar-refractivity contribution in [1.82, 2.24) is 34.6 Å². The van der Waals surface area contributed by atoms with Gasteiger partial charge in [-0.1, -0.05) is 36.4 Å². The molecule has 280 valence electrons. The van der Waals surface area contributed by atoms with Crippen LogP contribution in [-0.4, -0.2) is 113 Å². The van der Waals surface area contributed by atoms with Crippen molar-refractivity contribution in [3.8, 4) is 45.4 Å². The molecule has 4 aromatic rings. The molecule has 0 saturated carbocycles. The maximum absolute atomic E-state index is 11.8. The number of aryl methyl sites for hydroxylation is 1. The van der Waals surface area contributed by atoms with Crippen molar-refractivity contribution in [3.05, 3.63) is 76.6 Å². The van der Waals surface area contributed by atoms with Gasteiger partial charge in [-0.15, -0.1) is 0 Å². The number of likely N-dealkylation sites (tertiary alicyclic amines) is 4. The lowest BCUT2D eigenvalue weighted by Crippen LogP contribution is -2.72. The number of hydrogen-bond acceptors (Lipinski definition) is 9. The van der Waals surface area contributed by atoms with E-state index >= 15 is 0 Å². The normalized spacial score (nSPS) is 20.9. The van der Waals surface area contributed by atoms with E-state index in [1.165, 1.54) is 11.1 Å². The number of fused-ring (bicyclic) bond motifs is 1. The van der Waals surface area contributed by atoms with E-state index in [1.807, 2.05) is 16.0 Å². The van der Waals surface area contributed by atoms with Crippen molar-refractivity contribution < 1.29 is 19.1 Å². The summed E-state index contributed by atoms with van der Waals surface area (Å²) in [4.78, 5) is 47.2. The highest BCUT2D eigenvalue weighted by atomic mass is 16.5. The van der Waals surface area contributed by atoms with E-state index in [4.69, 9.17) is 24.4 Å². The summed E-state index contributed by atoms with van der Waals surface area (Å²) in [7, 11) is 3.39. The van der Waals surface area contributed by atoms with Gasteiger partial charge in [0.25, 0.3) is 0 Å². The van der Waals surface area contributed by atoms with Crippen LogP contribution in [-0.2, 0) is 22.6 Å². The van der Waals surface area contributed by atoms with Crippen LogP contribution in [0.2, 0.25) is 0 Å². The lowest BCUT2D eigenvalue weighted by atomic mass is 9.72. The number of rotatable bonds is 8. The molecule has 4 saturated heterocycles. The molecule has 5 aliphatic rings. The first-order chi connectivity index (χ1) is 26.0. The summed E-state index contributed by atoms with van der Waals surface area (Å²) in [5, 5.41) is 0. The topological polar surface area (TPSA) is 104 Å². The van der Waals surface area contributed by atoms with Gasteiger partial charge in [-0.2, -0.15) is 0 Å². The number of benzene rings is 2. The standard InChI is InChI=1S/C43H49N7O4/c1-26-31(9-7-11-33(26)35-15-30-13-14-38(39(30)41(45-35)54-6)50-24-43(25-50)22-49(23-43)29(4)52)32-10-8-12-34(27(32)2)36-16-44-37(40(46-36)53-5)17-47-18-42(19-47)20-48(21-42)28(3)51/h7-12,15-16,38H,13-14,17-25H2,1-6H3. The third-order valence-corrected chi connectivity index (χ3v) is 12.8. The molecule has 0 N–H and O–H groups in total. The van der Waals surface area contributed by atoms with Gasteiger partial charge < -0.3 is 19.3 Å². The Hall–Kier alpha value is -4.87. The maximum atomic E-state index is 11.8. The van der Waals surface area contributed by atoms with Crippen LogP contribution in [0.4, 0.5) is 0 Å². The van der Waals surface area contributed by atoms with Crippen molar-refractivity contribution in [2.75, 3.05) is 66.6 Å². The van der Waals surface area contributed by atoms with E-state index < -0.39 is 0 Å². The highest BCUT2D eigenvalue weighted by Crippen LogP contribution is 2.50. The monoisotopic (exact) mass is 727 g/mol. The number of pyridine rings is 1. The van der Waals surface area contributed by atoms with Gasteiger partial charge in [0, 0.05) is 106 Å². The fourth-order valence-corrected chi connectivity index (χ4v) is 10.1. The van der Waals surface area contributed by atoms with Gasteiger partial charge in [0.2, 0.25) is 23.6 Å². The van der Waals surface area contributed by atoms with Gasteiger partial charge in [0.05, 0.1) is 31.8 Å². The van der Waals surface area contributed by atoms with Gasteiger partial charge >= 0.3 is 0 Å². The zero-order valence-corrected chi connectivity index (χ0v) is 32.2.